The summed E-state index contributed by atoms with van der Waals surface area (Å²) in [6.45, 7) is 29.1. The standard InChI is InChI=1S/2C11H20O2.C10H18O3.C10H16O3.C7H12O2.C6H8O3/c2*1-8-5-6-9(7-8)10(12)13-11(2,3)4;2*1-10(2,3)13-9(12)7-4-5-8(11)6-7;1-5-2-3-6(4-5)7(8)9;7-5-2-1-4(3-5)6(8)9/h2*8-9H,5-7H2,1-4H3;7-8,11H,4-6H2,1-3H3;7H,4-6H2,1-3H3;5-6H,2-4H2,1H3,(H,8,9);4H,1-3H2,(H,8,9). The number of aliphatic carboxylic acids is 2. The highest BCUT2D eigenvalue weighted by Crippen LogP contribution is 2.34. The lowest BCUT2D eigenvalue weighted by molar-refractivity contribution is -0.161. The zero-order valence-electron chi connectivity index (χ0n) is 45.7. The molecule has 6 aliphatic rings. The maximum atomic E-state index is 11.6. The molecule has 6 saturated carbocycles. The lowest BCUT2D eigenvalue weighted by Gasteiger charge is -2.21. The van der Waals surface area contributed by atoms with Gasteiger partial charge in [-0.25, -0.2) is 0 Å². The molecule has 404 valence electrons. The van der Waals surface area contributed by atoms with Crippen LogP contribution < -0.4 is 0 Å². The summed E-state index contributed by atoms with van der Waals surface area (Å²) in [5.41, 5.74) is -1.51. The minimum atomic E-state index is -0.833. The third kappa shape index (κ3) is 28.8. The van der Waals surface area contributed by atoms with Crippen molar-refractivity contribution in [2.24, 2.45) is 53.3 Å². The Balaban J connectivity index is 0.000000423. The summed E-state index contributed by atoms with van der Waals surface area (Å²) < 4.78 is 21.1. The van der Waals surface area contributed by atoms with Crippen molar-refractivity contribution in [3.8, 4) is 0 Å². The predicted octanol–water partition coefficient (Wildman–Crippen LogP) is 10.7. The third-order valence-electron chi connectivity index (χ3n) is 12.6. The monoisotopic (exact) mass is 995 g/mol. The van der Waals surface area contributed by atoms with E-state index in [1.54, 1.807) is 0 Å². The van der Waals surface area contributed by atoms with Gasteiger partial charge in [0.05, 0.1) is 41.6 Å². The zero-order chi connectivity index (χ0) is 53.9. The van der Waals surface area contributed by atoms with Gasteiger partial charge >= 0.3 is 35.8 Å². The summed E-state index contributed by atoms with van der Waals surface area (Å²) in [4.78, 5) is 88.0. The summed E-state index contributed by atoms with van der Waals surface area (Å²) in [6.07, 6.45) is 13.8. The van der Waals surface area contributed by atoms with Crippen LogP contribution in [0.5, 0.6) is 0 Å². The van der Waals surface area contributed by atoms with Crippen molar-refractivity contribution in [2.45, 2.75) is 248 Å². The Morgan fingerprint density at radius 2 is 0.657 bits per heavy atom. The topological polar surface area (TPSA) is 234 Å². The molecule has 6 fully saturated rings. The first-order chi connectivity index (χ1) is 31.9. The van der Waals surface area contributed by atoms with E-state index < -0.39 is 29.1 Å². The van der Waals surface area contributed by atoms with Crippen LogP contribution in [0.4, 0.5) is 0 Å². The number of ether oxygens (including phenoxy) is 4. The van der Waals surface area contributed by atoms with Gasteiger partial charge in [-0.1, -0.05) is 20.8 Å². The van der Waals surface area contributed by atoms with Crippen LogP contribution >= 0.6 is 0 Å². The van der Waals surface area contributed by atoms with Crippen molar-refractivity contribution in [3.05, 3.63) is 0 Å². The van der Waals surface area contributed by atoms with Crippen LogP contribution in [0.15, 0.2) is 0 Å². The molecule has 6 rings (SSSR count). The van der Waals surface area contributed by atoms with Gasteiger partial charge in [-0.15, -0.1) is 0 Å². The molecule has 3 N–H and O–H groups in total. The van der Waals surface area contributed by atoms with Crippen molar-refractivity contribution in [3.63, 3.8) is 0 Å². The quantitative estimate of drug-likeness (QED) is 0.166. The second-order valence-corrected chi connectivity index (χ2v) is 24.8. The third-order valence-corrected chi connectivity index (χ3v) is 12.6. The minimum absolute atomic E-state index is 0.00292. The van der Waals surface area contributed by atoms with Gasteiger partial charge in [0.25, 0.3) is 0 Å². The van der Waals surface area contributed by atoms with Gasteiger partial charge < -0.3 is 34.3 Å². The van der Waals surface area contributed by atoms with Crippen LogP contribution in [0.3, 0.4) is 0 Å². The fourth-order valence-corrected chi connectivity index (χ4v) is 9.03. The molecule has 0 heterocycles. The molecular formula is C55H94O15. The highest BCUT2D eigenvalue weighted by atomic mass is 16.6. The van der Waals surface area contributed by atoms with E-state index in [4.69, 9.17) is 29.2 Å². The molecule has 0 aromatic rings. The molecule has 0 saturated heterocycles. The van der Waals surface area contributed by atoms with Gasteiger partial charge in [0.1, 0.15) is 34.0 Å². The summed E-state index contributed by atoms with van der Waals surface area (Å²) in [5, 5.41) is 26.1. The van der Waals surface area contributed by atoms with Crippen LogP contribution in [0, 0.1) is 53.3 Å². The fourth-order valence-electron chi connectivity index (χ4n) is 9.03. The molecule has 0 amide bonds. The summed E-state index contributed by atoms with van der Waals surface area (Å²) in [5.74, 6) is 0.0533. The minimum Gasteiger partial charge on any atom is -0.481 e. The largest absolute Gasteiger partial charge is 0.481 e. The van der Waals surface area contributed by atoms with E-state index in [0.717, 1.165) is 57.8 Å². The highest BCUT2D eigenvalue weighted by molar-refractivity contribution is 5.88. The predicted molar refractivity (Wildman–Crippen MR) is 266 cm³/mol. The molecule has 0 spiro atoms. The van der Waals surface area contributed by atoms with Gasteiger partial charge in [-0.2, -0.15) is 0 Å². The van der Waals surface area contributed by atoms with Crippen molar-refractivity contribution < 1.29 is 72.6 Å². The SMILES string of the molecule is CC(C)(C)OC(=O)C1CCC(=O)C1.CC(C)(C)OC(=O)C1CCC(O)C1.CC1CCC(C(=O)O)C1.CC1CCC(C(=O)OC(C)(C)C)C1.CC1CCC(C(=O)OC(C)(C)C)C1.O=C1CCC(C(=O)O)C1. The highest BCUT2D eigenvalue weighted by Gasteiger charge is 2.35. The number of aliphatic hydroxyl groups is 1. The van der Waals surface area contributed by atoms with Gasteiger partial charge in [0, 0.05) is 25.7 Å². The number of hydrogen-bond acceptors (Lipinski definition) is 13. The van der Waals surface area contributed by atoms with E-state index in [1.165, 1.54) is 12.8 Å². The maximum Gasteiger partial charge on any atom is 0.309 e. The lowest BCUT2D eigenvalue weighted by atomic mass is 10.1. The molecule has 10 atom stereocenters. The van der Waals surface area contributed by atoms with E-state index in [2.05, 4.69) is 20.8 Å². The van der Waals surface area contributed by atoms with Gasteiger partial charge in [0.2, 0.25) is 0 Å². The number of hydrogen-bond donors (Lipinski definition) is 3. The summed E-state index contributed by atoms with van der Waals surface area (Å²) in [6, 6.07) is 0. The van der Waals surface area contributed by atoms with Crippen LogP contribution in [0.25, 0.3) is 0 Å². The van der Waals surface area contributed by atoms with Gasteiger partial charge in [0.15, 0.2) is 0 Å². The molecule has 15 nitrogen and oxygen atoms in total. The molecule has 0 radical (unpaired) electrons. The Labute approximate surface area is 420 Å². The van der Waals surface area contributed by atoms with Gasteiger partial charge in [-0.3, -0.25) is 38.4 Å². The van der Waals surface area contributed by atoms with E-state index in [0.29, 0.717) is 56.3 Å². The number of carboxylic acids is 2. The average Bonchev–Trinajstić information content (AvgIpc) is 4.05. The lowest BCUT2D eigenvalue weighted by Crippen LogP contribution is -2.28. The van der Waals surface area contributed by atoms with Crippen molar-refractivity contribution >= 4 is 47.4 Å². The number of esters is 4. The van der Waals surface area contributed by atoms with Crippen LogP contribution in [0.1, 0.15) is 219 Å². The van der Waals surface area contributed by atoms with Crippen molar-refractivity contribution in [1.29, 1.82) is 0 Å². The van der Waals surface area contributed by atoms with E-state index >= 15 is 0 Å². The Kier molecular flexibility index (Phi) is 26.6. The van der Waals surface area contributed by atoms with Gasteiger partial charge in [-0.05, 0) is 191 Å². The van der Waals surface area contributed by atoms with Crippen LogP contribution in [-0.4, -0.2) is 91.2 Å². The number of aliphatic hydroxyl groups excluding tert-OH is 1. The smallest absolute Gasteiger partial charge is 0.309 e. The Bertz CT molecular complexity index is 1600. The molecule has 6 aliphatic carbocycles. The summed E-state index contributed by atoms with van der Waals surface area (Å²) in [7, 11) is 0. The Morgan fingerprint density at radius 3 is 0.857 bits per heavy atom. The first-order valence-corrected chi connectivity index (χ1v) is 26.0. The number of Topliss-reactive ketones (excluding diaryl/α,β-unsaturated/α-hetero) is 2. The number of carbonyl (C=O) groups excluding carboxylic acids is 6. The Morgan fingerprint density at radius 1 is 0.386 bits per heavy atom. The number of carbonyl (C=O) groups is 8. The number of ketones is 2. The first-order valence-electron chi connectivity index (χ1n) is 26.0. The van der Waals surface area contributed by atoms with Crippen molar-refractivity contribution in [1.82, 2.24) is 0 Å². The molecule has 15 heteroatoms. The molecular weight excluding hydrogens is 901 g/mol. The van der Waals surface area contributed by atoms with E-state index in [-0.39, 0.29) is 88.8 Å². The molecule has 0 aromatic carbocycles. The van der Waals surface area contributed by atoms with Crippen LogP contribution in [-0.2, 0) is 57.3 Å². The molecule has 0 aromatic heterocycles. The van der Waals surface area contributed by atoms with E-state index in [1.807, 2.05) is 83.1 Å². The number of carboxylic acid groups (broad SMARTS) is 2. The second-order valence-electron chi connectivity index (χ2n) is 24.8. The molecule has 0 bridgehead atoms. The zero-order valence-corrected chi connectivity index (χ0v) is 45.7. The molecule has 70 heavy (non-hydrogen) atoms. The Hall–Kier alpha value is -3.88. The number of rotatable bonds is 6. The molecule has 0 aliphatic heterocycles. The second kappa shape index (κ2) is 29.0. The average molecular weight is 995 g/mol. The maximum absolute atomic E-state index is 11.6. The van der Waals surface area contributed by atoms with Crippen molar-refractivity contribution in [2.75, 3.05) is 0 Å². The first kappa shape index (κ1) is 64.1. The van der Waals surface area contributed by atoms with Crippen LogP contribution in [0.2, 0.25) is 0 Å². The summed E-state index contributed by atoms with van der Waals surface area (Å²) >= 11 is 0. The van der Waals surface area contributed by atoms with E-state index in [9.17, 15) is 43.5 Å². The molecule has 10 unspecified atom stereocenters. The fraction of sp³-hybridized carbons (Fsp3) is 0.855. The normalized spacial score (nSPS) is 28.3.